The molecule has 1 aromatic rings. The van der Waals surface area contributed by atoms with Gasteiger partial charge < -0.3 is 24.8 Å². The smallest absolute Gasteiger partial charge is 0.243 e. The summed E-state index contributed by atoms with van der Waals surface area (Å²) in [6.45, 7) is 5.06. The molecule has 7 nitrogen and oxygen atoms in total. The summed E-state index contributed by atoms with van der Waals surface area (Å²) in [6, 6.07) is 7.73. The molecule has 158 valence electrons. The quantitative estimate of drug-likeness (QED) is 0.320. The van der Waals surface area contributed by atoms with Gasteiger partial charge in [0.05, 0.1) is 46.2 Å². The molecule has 8 heteroatoms. The number of hydrogen-bond donors (Lipinski definition) is 2. The maximum absolute atomic E-state index is 11.9. The third-order valence-electron chi connectivity index (χ3n) is 3.70. The summed E-state index contributed by atoms with van der Waals surface area (Å²) in [7, 11) is 2.60. The van der Waals surface area contributed by atoms with Gasteiger partial charge in [0.1, 0.15) is 0 Å². The SMILES string of the molecule is CCCc1ccc(NC(=O)CNC(=O)CCOCCOCCOCCP)cc1. The van der Waals surface area contributed by atoms with Crippen molar-refractivity contribution in [3.8, 4) is 0 Å². The first-order chi connectivity index (χ1) is 13.7. The van der Waals surface area contributed by atoms with Gasteiger partial charge in [0.15, 0.2) is 0 Å². The Morgan fingerprint density at radius 1 is 0.893 bits per heavy atom. The molecule has 0 bridgehead atoms. The van der Waals surface area contributed by atoms with Crippen LogP contribution < -0.4 is 10.6 Å². The molecule has 0 spiro atoms. The van der Waals surface area contributed by atoms with Crippen LogP contribution in [0.25, 0.3) is 0 Å². The lowest BCUT2D eigenvalue weighted by Crippen LogP contribution is -2.33. The van der Waals surface area contributed by atoms with Crippen LogP contribution in [0.4, 0.5) is 5.69 Å². The monoisotopic (exact) mass is 412 g/mol. The molecule has 2 N–H and O–H groups in total. The van der Waals surface area contributed by atoms with Crippen LogP contribution in [0.5, 0.6) is 0 Å². The highest BCUT2D eigenvalue weighted by Gasteiger charge is 2.06. The zero-order valence-corrected chi connectivity index (χ0v) is 17.9. The Morgan fingerprint density at radius 3 is 2.11 bits per heavy atom. The number of hydrogen-bond acceptors (Lipinski definition) is 5. The molecule has 0 aliphatic carbocycles. The molecule has 2 amide bonds. The van der Waals surface area contributed by atoms with Crippen LogP contribution in [-0.4, -0.2) is 64.2 Å². The molecule has 1 unspecified atom stereocenters. The standard InChI is InChI=1S/C20H33N2O5P/c1-2-3-17-4-6-18(7-5-17)22-20(24)16-21-19(23)8-9-25-10-11-26-12-13-27-14-15-28/h4-7H,2-3,8-16,28H2,1H3,(H,21,23)(H,22,24). The Balaban J connectivity index is 2.01. The highest BCUT2D eigenvalue weighted by Crippen LogP contribution is 2.10. The van der Waals surface area contributed by atoms with Crippen molar-refractivity contribution < 1.29 is 23.8 Å². The molecule has 0 saturated heterocycles. The maximum atomic E-state index is 11.9. The van der Waals surface area contributed by atoms with Crippen LogP contribution in [0.3, 0.4) is 0 Å². The van der Waals surface area contributed by atoms with Gasteiger partial charge in [0.25, 0.3) is 0 Å². The van der Waals surface area contributed by atoms with Crippen LogP contribution in [0.1, 0.15) is 25.3 Å². The normalized spacial score (nSPS) is 10.6. The van der Waals surface area contributed by atoms with Gasteiger partial charge in [-0.25, -0.2) is 0 Å². The average Bonchev–Trinajstić information content (AvgIpc) is 2.69. The van der Waals surface area contributed by atoms with E-state index < -0.39 is 0 Å². The van der Waals surface area contributed by atoms with E-state index >= 15 is 0 Å². The summed E-state index contributed by atoms with van der Waals surface area (Å²) in [5, 5.41) is 5.35. The Labute approximate surface area is 170 Å². The number of aryl methyl sites for hydroxylation is 1. The molecule has 1 atom stereocenters. The van der Waals surface area contributed by atoms with Crippen LogP contribution >= 0.6 is 9.24 Å². The minimum absolute atomic E-state index is 0.0606. The number of benzene rings is 1. The van der Waals surface area contributed by atoms with Crippen molar-refractivity contribution in [3.05, 3.63) is 29.8 Å². The molecule has 0 saturated carbocycles. The van der Waals surface area contributed by atoms with Crippen LogP contribution in [0.2, 0.25) is 0 Å². The minimum Gasteiger partial charge on any atom is -0.379 e. The fourth-order valence-electron chi connectivity index (χ4n) is 2.31. The molecule has 0 fully saturated rings. The number of anilines is 1. The van der Waals surface area contributed by atoms with Gasteiger partial charge in [-0.15, -0.1) is 9.24 Å². The maximum Gasteiger partial charge on any atom is 0.243 e. The van der Waals surface area contributed by atoms with E-state index in [0.717, 1.165) is 24.7 Å². The molecule has 28 heavy (non-hydrogen) atoms. The van der Waals surface area contributed by atoms with Crippen LogP contribution in [-0.2, 0) is 30.2 Å². The predicted octanol–water partition coefficient (Wildman–Crippen LogP) is 2.01. The van der Waals surface area contributed by atoms with E-state index in [1.165, 1.54) is 5.56 Å². The second kappa shape index (κ2) is 16.4. The third-order valence-corrected chi connectivity index (χ3v) is 3.94. The Bertz CT molecular complexity index is 554. The fraction of sp³-hybridized carbons (Fsp3) is 0.600. The molecule has 1 rings (SSSR count). The zero-order valence-electron chi connectivity index (χ0n) is 16.7. The number of carbonyl (C=O) groups excluding carboxylic acids is 2. The zero-order chi connectivity index (χ0) is 20.5. The Hall–Kier alpha value is -1.53. The van der Waals surface area contributed by atoms with Gasteiger partial charge in [0.2, 0.25) is 11.8 Å². The molecule has 0 aliphatic heterocycles. The molecule has 0 radical (unpaired) electrons. The number of rotatable bonds is 16. The molecular formula is C20H33N2O5P. The Morgan fingerprint density at radius 2 is 1.50 bits per heavy atom. The van der Waals surface area contributed by atoms with Gasteiger partial charge in [-0.2, -0.15) is 0 Å². The van der Waals surface area contributed by atoms with Crippen molar-refractivity contribution in [1.29, 1.82) is 0 Å². The largest absolute Gasteiger partial charge is 0.379 e. The summed E-state index contributed by atoms with van der Waals surface area (Å²) in [5.74, 6) is -0.477. The number of amides is 2. The first-order valence-corrected chi connectivity index (χ1v) is 10.6. The third kappa shape index (κ3) is 12.8. The van der Waals surface area contributed by atoms with Gasteiger partial charge in [-0.05, 0) is 30.3 Å². The van der Waals surface area contributed by atoms with E-state index in [0.29, 0.717) is 39.6 Å². The fourth-order valence-corrected chi connectivity index (χ4v) is 2.47. The minimum atomic E-state index is -0.255. The summed E-state index contributed by atoms with van der Waals surface area (Å²) >= 11 is 0. The van der Waals surface area contributed by atoms with Gasteiger partial charge >= 0.3 is 0 Å². The highest BCUT2D eigenvalue weighted by atomic mass is 31.0. The van der Waals surface area contributed by atoms with Crippen molar-refractivity contribution in [2.45, 2.75) is 26.2 Å². The van der Waals surface area contributed by atoms with E-state index in [4.69, 9.17) is 14.2 Å². The van der Waals surface area contributed by atoms with E-state index in [1.807, 2.05) is 24.3 Å². The van der Waals surface area contributed by atoms with Crippen LogP contribution in [0.15, 0.2) is 24.3 Å². The molecule has 0 aromatic heterocycles. The van der Waals surface area contributed by atoms with E-state index in [9.17, 15) is 9.59 Å². The second-order valence-corrected chi connectivity index (χ2v) is 6.72. The first kappa shape index (κ1) is 24.5. The van der Waals surface area contributed by atoms with Crippen molar-refractivity contribution >= 4 is 26.7 Å². The molecule has 1 aromatic carbocycles. The predicted molar refractivity (Wildman–Crippen MR) is 114 cm³/mol. The average molecular weight is 412 g/mol. The van der Waals surface area contributed by atoms with Gasteiger partial charge in [-0.1, -0.05) is 25.5 Å². The van der Waals surface area contributed by atoms with Crippen molar-refractivity contribution in [2.75, 3.05) is 57.7 Å². The van der Waals surface area contributed by atoms with Crippen molar-refractivity contribution in [3.63, 3.8) is 0 Å². The first-order valence-electron chi connectivity index (χ1n) is 9.74. The van der Waals surface area contributed by atoms with E-state index in [-0.39, 0.29) is 24.8 Å². The molecule has 0 aliphatic rings. The number of nitrogens with one attached hydrogen (secondary N) is 2. The second-order valence-electron chi connectivity index (χ2n) is 6.15. The molecule has 0 heterocycles. The van der Waals surface area contributed by atoms with Crippen molar-refractivity contribution in [1.82, 2.24) is 5.32 Å². The lowest BCUT2D eigenvalue weighted by atomic mass is 10.1. The topological polar surface area (TPSA) is 85.9 Å². The molecular weight excluding hydrogens is 379 g/mol. The number of carbonyl (C=O) groups is 2. The Kier molecular flexibility index (Phi) is 14.4. The van der Waals surface area contributed by atoms with Gasteiger partial charge in [0, 0.05) is 12.1 Å². The lowest BCUT2D eigenvalue weighted by molar-refractivity contribution is -0.125. The summed E-state index contributed by atoms with van der Waals surface area (Å²) in [4.78, 5) is 23.6. The van der Waals surface area contributed by atoms with E-state index in [2.05, 4.69) is 26.8 Å². The van der Waals surface area contributed by atoms with E-state index in [1.54, 1.807) is 0 Å². The summed E-state index contributed by atoms with van der Waals surface area (Å²) in [6.07, 6.45) is 3.22. The lowest BCUT2D eigenvalue weighted by Gasteiger charge is -2.08. The van der Waals surface area contributed by atoms with Crippen molar-refractivity contribution in [2.24, 2.45) is 0 Å². The number of ether oxygens (including phenoxy) is 3. The van der Waals surface area contributed by atoms with Gasteiger partial charge in [-0.3, -0.25) is 9.59 Å². The summed E-state index contributed by atoms with van der Waals surface area (Å²) in [5.41, 5.74) is 1.96. The highest BCUT2D eigenvalue weighted by molar-refractivity contribution is 7.16. The van der Waals surface area contributed by atoms with Crippen LogP contribution in [0, 0.1) is 0 Å². The summed E-state index contributed by atoms with van der Waals surface area (Å²) < 4.78 is 15.9.